The molecule has 2 rings (SSSR count). The highest BCUT2D eigenvalue weighted by atomic mass is 16.7. The Bertz CT molecular complexity index is 549. The number of rotatable bonds is 6. The summed E-state index contributed by atoms with van der Waals surface area (Å²) >= 11 is 0. The minimum atomic E-state index is -0.364. The Kier molecular flexibility index (Phi) is 4.84. The predicted molar refractivity (Wildman–Crippen MR) is 73.3 cm³/mol. The summed E-state index contributed by atoms with van der Waals surface area (Å²) in [6.45, 7) is 4.48. The van der Waals surface area contributed by atoms with E-state index in [2.05, 4.69) is 15.0 Å². The van der Waals surface area contributed by atoms with Gasteiger partial charge in [-0.1, -0.05) is 6.92 Å². The quantitative estimate of drug-likeness (QED) is 0.816. The molecule has 1 heterocycles. The molecule has 1 atom stereocenters. The van der Waals surface area contributed by atoms with Crippen LogP contribution in [0.2, 0.25) is 0 Å². The highest BCUT2D eigenvalue weighted by molar-refractivity contribution is 5.64. The van der Waals surface area contributed by atoms with Crippen molar-refractivity contribution in [3.63, 3.8) is 0 Å². The number of hydrogen-bond acceptors (Lipinski definition) is 6. The first-order valence-corrected chi connectivity index (χ1v) is 6.44. The van der Waals surface area contributed by atoms with Gasteiger partial charge in [0.1, 0.15) is 24.2 Å². The molecule has 1 aromatic heterocycles. The summed E-state index contributed by atoms with van der Waals surface area (Å²) in [6, 6.07) is 4.96. The van der Waals surface area contributed by atoms with E-state index in [0.29, 0.717) is 23.7 Å². The zero-order valence-electron chi connectivity index (χ0n) is 11.5. The standard InChI is InChI=1S/C14H17N3O3/c1-3-6-19-10(2)20-11-4-5-12(13(18)7-11)14-16-8-15-9-17-14/h4-5,7-10,18H,3,6H2,1-2H3. The second kappa shape index (κ2) is 6.81. The van der Waals surface area contributed by atoms with Crippen molar-refractivity contribution in [2.45, 2.75) is 26.6 Å². The van der Waals surface area contributed by atoms with Gasteiger partial charge in [0.2, 0.25) is 0 Å². The maximum atomic E-state index is 10.0. The molecular formula is C14H17N3O3. The van der Waals surface area contributed by atoms with Gasteiger partial charge in [-0.05, 0) is 25.5 Å². The number of ether oxygens (including phenoxy) is 2. The van der Waals surface area contributed by atoms with E-state index < -0.39 is 0 Å². The van der Waals surface area contributed by atoms with Gasteiger partial charge < -0.3 is 14.6 Å². The highest BCUT2D eigenvalue weighted by Crippen LogP contribution is 2.30. The smallest absolute Gasteiger partial charge is 0.196 e. The zero-order valence-corrected chi connectivity index (χ0v) is 11.5. The second-order valence-electron chi connectivity index (χ2n) is 4.20. The minimum absolute atomic E-state index is 0.0522. The fourth-order valence-electron chi connectivity index (χ4n) is 1.66. The summed E-state index contributed by atoms with van der Waals surface area (Å²) in [7, 11) is 0. The molecule has 6 heteroatoms. The van der Waals surface area contributed by atoms with Crippen LogP contribution < -0.4 is 4.74 Å². The number of aromatic nitrogens is 3. The van der Waals surface area contributed by atoms with Crippen molar-refractivity contribution in [2.75, 3.05) is 6.61 Å². The molecule has 6 nitrogen and oxygen atoms in total. The van der Waals surface area contributed by atoms with Crippen molar-refractivity contribution in [2.24, 2.45) is 0 Å². The minimum Gasteiger partial charge on any atom is -0.507 e. The molecule has 1 aromatic carbocycles. The third-order valence-corrected chi connectivity index (χ3v) is 2.56. The second-order valence-corrected chi connectivity index (χ2v) is 4.20. The SMILES string of the molecule is CCCOC(C)Oc1ccc(-c2ncncn2)c(O)c1. The number of hydrogen-bond donors (Lipinski definition) is 1. The average Bonchev–Trinajstić information content (AvgIpc) is 2.46. The maximum absolute atomic E-state index is 10.0. The van der Waals surface area contributed by atoms with Gasteiger partial charge in [-0.15, -0.1) is 0 Å². The van der Waals surface area contributed by atoms with Crippen molar-refractivity contribution < 1.29 is 14.6 Å². The predicted octanol–water partition coefficient (Wildman–Crippen LogP) is 2.40. The monoisotopic (exact) mass is 275 g/mol. The molecule has 0 amide bonds. The van der Waals surface area contributed by atoms with E-state index in [1.807, 2.05) is 13.8 Å². The lowest BCUT2D eigenvalue weighted by Crippen LogP contribution is -2.16. The van der Waals surface area contributed by atoms with Crippen LogP contribution in [0.5, 0.6) is 11.5 Å². The number of benzene rings is 1. The van der Waals surface area contributed by atoms with E-state index in [9.17, 15) is 5.11 Å². The molecule has 0 aliphatic carbocycles. The molecule has 0 bridgehead atoms. The van der Waals surface area contributed by atoms with Crippen molar-refractivity contribution in [1.82, 2.24) is 15.0 Å². The third kappa shape index (κ3) is 3.64. The molecule has 2 aromatic rings. The molecule has 20 heavy (non-hydrogen) atoms. The van der Waals surface area contributed by atoms with E-state index in [-0.39, 0.29) is 12.0 Å². The Morgan fingerprint density at radius 3 is 2.65 bits per heavy atom. The topological polar surface area (TPSA) is 77.4 Å². The molecule has 1 N–H and O–H groups in total. The van der Waals surface area contributed by atoms with Crippen molar-refractivity contribution in [3.05, 3.63) is 30.9 Å². The zero-order chi connectivity index (χ0) is 14.4. The molecule has 0 saturated carbocycles. The van der Waals surface area contributed by atoms with Gasteiger partial charge >= 0.3 is 0 Å². The van der Waals surface area contributed by atoms with Gasteiger partial charge in [-0.3, -0.25) is 0 Å². The summed E-state index contributed by atoms with van der Waals surface area (Å²) < 4.78 is 11.0. The Balaban J connectivity index is 2.10. The van der Waals surface area contributed by atoms with Crippen molar-refractivity contribution in [3.8, 4) is 22.9 Å². The first-order valence-electron chi connectivity index (χ1n) is 6.44. The number of phenolic OH excluding ortho intramolecular Hbond substituents is 1. The number of phenols is 1. The van der Waals surface area contributed by atoms with Gasteiger partial charge in [0.25, 0.3) is 0 Å². The summed E-state index contributed by atoms with van der Waals surface area (Å²) in [4.78, 5) is 11.7. The molecule has 0 spiro atoms. The summed E-state index contributed by atoms with van der Waals surface area (Å²) in [5, 5.41) is 10.0. The van der Waals surface area contributed by atoms with Crippen LogP contribution in [0.15, 0.2) is 30.9 Å². The summed E-state index contributed by atoms with van der Waals surface area (Å²) in [5.74, 6) is 1.000. The number of aromatic hydroxyl groups is 1. The van der Waals surface area contributed by atoms with Crippen LogP contribution in [-0.2, 0) is 4.74 Å². The van der Waals surface area contributed by atoms with Crippen LogP contribution >= 0.6 is 0 Å². The largest absolute Gasteiger partial charge is 0.507 e. The lowest BCUT2D eigenvalue weighted by Gasteiger charge is -2.15. The Labute approximate surface area is 117 Å². The van der Waals surface area contributed by atoms with E-state index >= 15 is 0 Å². The molecule has 1 unspecified atom stereocenters. The van der Waals surface area contributed by atoms with E-state index in [0.717, 1.165) is 6.42 Å². The molecule has 106 valence electrons. The summed E-state index contributed by atoms with van der Waals surface area (Å²) in [6.07, 6.45) is 3.33. The maximum Gasteiger partial charge on any atom is 0.196 e. The fourth-order valence-corrected chi connectivity index (χ4v) is 1.66. The fraction of sp³-hybridized carbons (Fsp3) is 0.357. The van der Waals surface area contributed by atoms with Gasteiger partial charge in [-0.25, -0.2) is 15.0 Å². The van der Waals surface area contributed by atoms with Crippen molar-refractivity contribution in [1.29, 1.82) is 0 Å². The lowest BCUT2D eigenvalue weighted by atomic mass is 10.2. The highest BCUT2D eigenvalue weighted by Gasteiger charge is 2.10. The average molecular weight is 275 g/mol. The van der Waals surface area contributed by atoms with Crippen LogP contribution in [-0.4, -0.2) is 33.0 Å². The number of nitrogens with zero attached hydrogens (tertiary/aromatic N) is 3. The molecule has 0 aliphatic heterocycles. The molecule has 0 aliphatic rings. The summed E-state index contributed by atoms with van der Waals surface area (Å²) in [5.41, 5.74) is 0.530. The van der Waals surface area contributed by atoms with E-state index in [1.165, 1.54) is 18.7 Å². The Morgan fingerprint density at radius 1 is 1.25 bits per heavy atom. The molecular weight excluding hydrogens is 258 g/mol. The van der Waals surface area contributed by atoms with E-state index in [4.69, 9.17) is 9.47 Å². The van der Waals surface area contributed by atoms with Gasteiger partial charge in [0.15, 0.2) is 12.1 Å². The lowest BCUT2D eigenvalue weighted by molar-refractivity contribution is -0.0663. The van der Waals surface area contributed by atoms with Gasteiger partial charge in [0, 0.05) is 6.07 Å². The van der Waals surface area contributed by atoms with Crippen LogP contribution in [0.1, 0.15) is 20.3 Å². The van der Waals surface area contributed by atoms with Gasteiger partial charge in [0.05, 0.1) is 12.2 Å². The normalized spacial score (nSPS) is 12.1. The van der Waals surface area contributed by atoms with Crippen LogP contribution in [0.4, 0.5) is 0 Å². The van der Waals surface area contributed by atoms with Crippen LogP contribution in [0, 0.1) is 0 Å². The van der Waals surface area contributed by atoms with Crippen LogP contribution in [0.25, 0.3) is 11.4 Å². The van der Waals surface area contributed by atoms with E-state index in [1.54, 1.807) is 12.1 Å². The molecule has 0 fully saturated rings. The third-order valence-electron chi connectivity index (χ3n) is 2.56. The molecule has 0 saturated heterocycles. The van der Waals surface area contributed by atoms with Gasteiger partial charge in [-0.2, -0.15) is 0 Å². The first-order chi connectivity index (χ1) is 9.70. The Morgan fingerprint density at radius 2 is 2.00 bits per heavy atom. The first kappa shape index (κ1) is 14.2. The Hall–Kier alpha value is -2.21. The van der Waals surface area contributed by atoms with Crippen LogP contribution in [0.3, 0.4) is 0 Å². The van der Waals surface area contributed by atoms with Crippen molar-refractivity contribution >= 4 is 0 Å². The molecule has 0 radical (unpaired) electrons.